The van der Waals surface area contributed by atoms with E-state index in [2.05, 4.69) is 12.2 Å². The molecule has 0 aromatic heterocycles. The maximum atomic E-state index is 11.7. The van der Waals surface area contributed by atoms with Gasteiger partial charge in [0.1, 0.15) is 5.75 Å². The highest BCUT2D eigenvalue weighted by atomic mass is 35.5. The highest BCUT2D eigenvalue weighted by Crippen LogP contribution is 2.12. The van der Waals surface area contributed by atoms with Crippen molar-refractivity contribution in [1.29, 1.82) is 0 Å². The van der Waals surface area contributed by atoms with E-state index in [0.717, 1.165) is 30.0 Å². The number of carbonyl (C=O) groups excluding carboxylic acids is 1. The topological polar surface area (TPSA) is 38.3 Å². The molecule has 0 saturated carbocycles. The molecule has 0 heterocycles. The van der Waals surface area contributed by atoms with Crippen LogP contribution in [-0.4, -0.2) is 19.1 Å². The lowest BCUT2D eigenvalue weighted by molar-refractivity contribution is -0.123. The maximum absolute atomic E-state index is 11.7. The van der Waals surface area contributed by atoms with Crippen molar-refractivity contribution in [3.63, 3.8) is 0 Å². The largest absolute Gasteiger partial charge is 0.484 e. The average molecular weight is 332 g/mol. The number of rotatable bonds is 8. The number of halogens is 1. The van der Waals surface area contributed by atoms with Crippen molar-refractivity contribution in [2.45, 2.75) is 26.2 Å². The number of aryl methyl sites for hydroxylation is 2. The first-order chi connectivity index (χ1) is 11.2. The summed E-state index contributed by atoms with van der Waals surface area (Å²) in [7, 11) is 0. The zero-order valence-electron chi connectivity index (χ0n) is 13.3. The Morgan fingerprint density at radius 1 is 1.04 bits per heavy atom. The van der Waals surface area contributed by atoms with Crippen molar-refractivity contribution in [1.82, 2.24) is 5.32 Å². The third-order valence-corrected chi connectivity index (χ3v) is 3.83. The summed E-state index contributed by atoms with van der Waals surface area (Å²) >= 11 is 5.85. The van der Waals surface area contributed by atoms with Crippen molar-refractivity contribution in [2.75, 3.05) is 13.2 Å². The number of hydrogen-bond acceptors (Lipinski definition) is 2. The summed E-state index contributed by atoms with van der Waals surface area (Å²) in [6.07, 6.45) is 2.80. The molecule has 1 N–H and O–H groups in total. The summed E-state index contributed by atoms with van der Waals surface area (Å²) in [5, 5.41) is 3.61. The minimum absolute atomic E-state index is 0.0480. The Kier molecular flexibility index (Phi) is 6.95. The fourth-order valence-electron chi connectivity index (χ4n) is 2.19. The fraction of sp³-hybridized carbons (Fsp3) is 0.316. The number of nitrogens with one attached hydrogen (secondary N) is 1. The Bertz CT molecular complexity index is 608. The second-order valence-corrected chi connectivity index (χ2v) is 5.80. The number of ether oxygens (including phenoxy) is 1. The van der Waals surface area contributed by atoms with Gasteiger partial charge in [0.25, 0.3) is 5.91 Å². The van der Waals surface area contributed by atoms with Gasteiger partial charge in [-0.2, -0.15) is 0 Å². The predicted octanol–water partition coefficient (Wildman–Crippen LogP) is 4.03. The van der Waals surface area contributed by atoms with Crippen LogP contribution in [0.15, 0.2) is 48.5 Å². The van der Waals surface area contributed by atoms with E-state index in [1.165, 1.54) is 11.1 Å². The SMILES string of the molecule is CCc1ccc(OCC(=O)NCCCc2ccc(Cl)cc2)cc1. The quantitative estimate of drug-likeness (QED) is 0.742. The van der Waals surface area contributed by atoms with Crippen LogP contribution in [0.3, 0.4) is 0 Å². The molecule has 2 rings (SSSR count). The Morgan fingerprint density at radius 2 is 1.70 bits per heavy atom. The predicted molar refractivity (Wildman–Crippen MR) is 94.1 cm³/mol. The van der Waals surface area contributed by atoms with E-state index in [1.54, 1.807) is 0 Å². The molecular weight excluding hydrogens is 310 g/mol. The van der Waals surface area contributed by atoms with Crippen LogP contribution in [0.4, 0.5) is 0 Å². The normalized spacial score (nSPS) is 10.3. The van der Waals surface area contributed by atoms with E-state index >= 15 is 0 Å². The van der Waals surface area contributed by atoms with Crippen molar-refractivity contribution >= 4 is 17.5 Å². The summed E-state index contributed by atoms with van der Waals surface area (Å²) in [6.45, 7) is 2.79. The zero-order chi connectivity index (χ0) is 16.5. The van der Waals surface area contributed by atoms with Gasteiger partial charge in [-0.25, -0.2) is 0 Å². The Balaban J connectivity index is 1.62. The Morgan fingerprint density at radius 3 is 2.35 bits per heavy atom. The molecule has 0 fully saturated rings. The second-order valence-electron chi connectivity index (χ2n) is 5.37. The molecule has 3 nitrogen and oxygen atoms in total. The summed E-state index contributed by atoms with van der Waals surface area (Å²) in [5.41, 5.74) is 2.47. The van der Waals surface area contributed by atoms with Crippen molar-refractivity contribution in [2.24, 2.45) is 0 Å². The first-order valence-electron chi connectivity index (χ1n) is 7.90. The van der Waals surface area contributed by atoms with Gasteiger partial charge < -0.3 is 10.1 Å². The lowest BCUT2D eigenvalue weighted by Gasteiger charge is -2.08. The minimum atomic E-state index is -0.0966. The molecule has 0 spiro atoms. The third kappa shape index (κ3) is 6.33. The second kappa shape index (κ2) is 9.21. The van der Waals surface area contributed by atoms with E-state index in [0.29, 0.717) is 6.54 Å². The molecule has 0 aliphatic heterocycles. The molecule has 0 atom stereocenters. The molecule has 23 heavy (non-hydrogen) atoms. The molecule has 0 saturated heterocycles. The molecule has 0 bridgehead atoms. The number of carbonyl (C=O) groups is 1. The van der Waals surface area contributed by atoms with Crippen LogP contribution in [0.1, 0.15) is 24.5 Å². The Hall–Kier alpha value is -2.00. The van der Waals surface area contributed by atoms with Crippen LogP contribution in [-0.2, 0) is 17.6 Å². The lowest BCUT2D eigenvalue weighted by Crippen LogP contribution is -2.29. The van der Waals surface area contributed by atoms with Gasteiger partial charge in [0.15, 0.2) is 6.61 Å². The van der Waals surface area contributed by atoms with Gasteiger partial charge in [-0.15, -0.1) is 0 Å². The molecule has 2 aromatic carbocycles. The molecule has 0 unspecified atom stereocenters. The van der Waals surface area contributed by atoms with Gasteiger partial charge in [-0.3, -0.25) is 4.79 Å². The smallest absolute Gasteiger partial charge is 0.257 e. The van der Waals surface area contributed by atoms with E-state index in [9.17, 15) is 4.79 Å². The summed E-state index contributed by atoms with van der Waals surface area (Å²) < 4.78 is 5.47. The third-order valence-electron chi connectivity index (χ3n) is 3.58. The van der Waals surface area contributed by atoms with E-state index < -0.39 is 0 Å². The monoisotopic (exact) mass is 331 g/mol. The lowest BCUT2D eigenvalue weighted by atomic mass is 10.1. The fourth-order valence-corrected chi connectivity index (χ4v) is 2.32. The van der Waals surface area contributed by atoms with Gasteiger partial charge in [-0.1, -0.05) is 42.8 Å². The maximum Gasteiger partial charge on any atom is 0.257 e. The molecular formula is C19H22ClNO2. The molecule has 122 valence electrons. The summed E-state index contributed by atoms with van der Waals surface area (Å²) in [6, 6.07) is 15.6. The van der Waals surface area contributed by atoms with Crippen molar-refractivity contribution in [3.05, 3.63) is 64.7 Å². The number of benzene rings is 2. The summed E-state index contributed by atoms with van der Waals surface area (Å²) in [4.78, 5) is 11.7. The van der Waals surface area contributed by atoms with Gasteiger partial charge in [0.2, 0.25) is 0 Å². The first kappa shape index (κ1) is 17.4. The minimum Gasteiger partial charge on any atom is -0.484 e. The standard InChI is InChI=1S/C19H22ClNO2/c1-2-15-7-11-18(12-8-15)23-14-19(22)21-13-3-4-16-5-9-17(20)10-6-16/h5-12H,2-4,13-14H2,1H3,(H,21,22). The van der Waals surface area contributed by atoms with Crippen LogP contribution in [0.25, 0.3) is 0 Å². The van der Waals surface area contributed by atoms with Crippen LogP contribution in [0.2, 0.25) is 5.02 Å². The average Bonchev–Trinajstić information content (AvgIpc) is 2.59. The molecule has 0 aliphatic rings. The van der Waals surface area contributed by atoms with Crippen LogP contribution >= 0.6 is 11.6 Å². The molecule has 0 radical (unpaired) electrons. The van der Waals surface area contributed by atoms with Gasteiger partial charge in [0.05, 0.1) is 0 Å². The number of hydrogen-bond donors (Lipinski definition) is 1. The molecule has 0 aliphatic carbocycles. The van der Waals surface area contributed by atoms with Crippen LogP contribution < -0.4 is 10.1 Å². The van der Waals surface area contributed by atoms with Gasteiger partial charge in [0, 0.05) is 11.6 Å². The van der Waals surface area contributed by atoms with E-state index in [-0.39, 0.29) is 12.5 Å². The summed E-state index contributed by atoms with van der Waals surface area (Å²) in [5.74, 6) is 0.624. The highest BCUT2D eigenvalue weighted by molar-refractivity contribution is 6.30. The molecule has 4 heteroatoms. The Labute approximate surface area is 142 Å². The highest BCUT2D eigenvalue weighted by Gasteiger charge is 2.02. The zero-order valence-corrected chi connectivity index (χ0v) is 14.1. The van der Waals surface area contributed by atoms with Gasteiger partial charge >= 0.3 is 0 Å². The van der Waals surface area contributed by atoms with Crippen molar-refractivity contribution < 1.29 is 9.53 Å². The molecule has 1 amide bonds. The number of amides is 1. The van der Waals surface area contributed by atoms with E-state index in [1.807, 2.05) is 48.5 Å². The first-order valence-corrected chi connectivity index (χ1v) is 8.28. The van der Waals surface area contributed by atoms with Crippen LogP contribution in [0, 0.1) is 0 Å². The van der Waals surface area contributed by atoms with Crippen LogP contribution in [0.5, 0.6) is 5.75 Å². The van der Waals surface area contributed by atoms with Crippen molar-refractivity contribution in [3.8, 4) is 5.75 Å². The van der Waals surface area contributed by atoms with E-state index in [4.69, 9.17) is 16.3 Å². The van der Waals surface area contributed by atoms with Gasteiger partial charge in [-0.05, 0) is 54.7 Å². The molecule has 2 aromatic rings.